The number of amides is 2. The van der Waals surface area contributed by atoms with Gasteiger partial charge in [0.15, 0.2) is 0 Å². The highest BCUT2D eigenvalue weighted by atomic mass is 16.5. The van der Waals surface area contributed by atoms with E-state index >= 15 is 0 Å². The van der Waals surface area contributed by atoms with Crippen molar-refractivity contribution in [1.82, 2.24) is 10.2 Å². The molecule has 152 valence electrons. The van der Waals surface area contributed by atoms with E-state index in [0.717, 1.165) is 11.3 Å². The molecule has 1 aromatic carbocycles. The van der Waals surface area contributed by atoms with E-state index in [1.54, 1.807) is 12.0 Å². The highest BCUT2D eigenvalue weighted by Gasteiger charge is 2.42. The average molecular weight is 390 g/mol. The van der Waals surface area contributed by atoms with Crippen molar-refractivity contribution in [3.63, 3.8) is 0 Å². The molecule has 2 aliphatic rings. The summed E-state index contributed by atoms with van der Waals surface area (Å²) in [5.41, 5.74) is -0.0264. The highest BCUT2D eigenvalue weighted by molar-refractivity contribution is 5.89. The van der Waals surface area contributed by atoms with Crippen LogP contribution in [0.15, 0.2) is 24.3 Å². The third-order valence-corrected chi connectivity index (χ3v) is 5.62. The number of nitrogens with zero attached hydrogens (tertiary/aromatic N) is 1. The van der Waals surface area contributed by atoms with E-state index in [9.17, 15) is 19.5 Å². The van der Waals surface area contributed by atoms with Crippen LogP contribution in [0.1, 0.15) is 24.8 Å². The van der Waals surface area contributed by atoms with Crippen LogP contribution in [-0.2, 0) is 25.7 Å². The molecule has 0 spiro atoms. The van der Waals surface area contributed by atoms with Crippen LogP contribution in [0.2, 0.25) is 0 Å². The minimum absolute atomic E-state index is 0.0632. The molecule has 28 heavy (non-hydrogen) atoms. The molecular weight excluding hydrogens is 364 g/mol. The van der Waals surface area contributed by atoms with E-state index in [0.29, 0.717) is 39.1 Å². The zero-order valence-corrected chi connectivity index (χ0v) is 16.0. The first kappa shape index (κ1) is 20.1. The lowest BCUT2D eigenvalue weighted by molar-refractivity contribution is -0.154. The molecule has 0 radical (unpaired) electrons. The lowest BCUT2D eigenvalue weighted by Crippen LogP contribution is -2.47. The molecule has 8 heteroatoms. The fourth-order valence-electron chi connectivity index (χ4n) is 3.68. The maximum Gasteiger partial charge on any atom is 0.311 e. The molecule has 1 unspecified atom stereocenters. The number of carboxylic acids is 1. The zero-order valence-electron chi connectivity index (χ0n) is 16.0. The summed E-state index contributed by atoms with van der Waals surface area (Å²) in [4.78, 5) is 38.2. The number of benzene rings is 1. The van der Waals surface area contributed by atoms with Crippen molar-refractivity contribution < 1.29 is 29.0 Å². The number of hydrogen-bond donors (Lipinski definition) is 2. The fourth-order valence-corrected chi connectivity index (χ4v) is 3.68. The van der Waals surface area contributed by atoms with Crippen molar-refractivity contribution in [2.75, 3.05) is 33.4 Å². The number of carbonyl (C=O) groups is 3. The van der Waals surface area contributed by atoms with E-state index in [-0.39, 0.29) is 24.8 Å². The second-order valence-corrected chi connectivity index (χ2v) is 7.44. The normalized spacial score (nSPS) is 21.4. The van der Waals surface area contributed by atoms with Crippen LogP contribution >= 0.6 is 0 Å². The van der Waals surface area contributed by atoms with Crippen molar-refractivity contribution in [2.45, 2.75) is 25.8 Å². The van der Waals surface area contributed by atoms with Crippen molar-refractivity contribution in [3.05, 3.63) is 29.8 Å². The molecule has 1 atom stereocenters. The first-order valence-electron chi connectivity index (χ1n) is 9.43. The Bertz CT molecular complexity index is 727. The largest absolute Gasteiger partial charge is 0.497 e. The van der Waals surface area contributed by atoms with Gasteiger partial charge in [-0.05, 0) is 30.5 Å². The molecule has 0 bridgehead atoms. The molecule has 2 amide bonds. The summed E-state index contributed by atoms with van der Waals surface area (Å²) >= 11 is 0. The van der Waals surface area contributed by atoms with E-state index in [2.05, 4.69) is 5.32 Å². The summed E-state index contributed by atoms with van der Waals surface area (Å²) < 4.78 is 10.4. The molecule has 2 fully saturated rings. The van der Waals surface area contributed by atoms with Crippen molar-refractivity contribution in [2.24, 2.45) is 11.3 Å². The van der Waals surface area contributed by atoms with Gasteiger partial charge in [0, 0.05) is 39.3 Å². The number of nitrogens with one attached hydrogen (secondary N) is 1. The molecule has 0 aromatic heterocycles. The highest BCUT2D eigenvalue weighted by Crippen LogP contribution is 2.30. The van der Waals surface area contributed by atoms with E-state index in [4.69, 9.17) is 9.47 Å². The van der Waals surface area contributed by atoms with Crippen LogP contribution in [0, 0.1) is 11.3 Å². The van der Waals surface area contributed by atoms with Gasteiger partial charge in [0.1, 0.15) is 5.75 Å². The fraction of sp³-hybridized carbons (Fsp3) is 0.550. The van der Waals surface area contributed by atoms with Gasteiger partial charge in [0.05, 0.1) is 18.4 Å². The van der Waals surface area contributed by atoms with Gasteiger partial charge in [0.25, 0.3) is 0 Å². The predicted octanol–water partition coefficient (Wildman–Crippen LogP) is 1.04. The Balaban J connectivity index is 1.54. The Morgan fingerprint density at radius 1 is 1.29 bits per heavy atom. The standard InChI is InChI=1S/C20H26N2O6/c1-27-16-4-2-14(3-5-16)11-22-12-15(10-17(22)23)18(24)21-13-20(19(25)26)6-8-28-9-7-20/h2-5,15H,6-13H2,1H3,(H,21,24)(H,25,26). The van der Waals surface area contributed by atoms with E-state index < -0.39 is 17.3 Å². The molecule has 3 rings (SSSR count). The van der Waals surface area contributed by atoms with Gasteiger partial charge in [-0.25, -0.2) is 0 Å². The topological polar surface area (TPSA) is 105 Å². The number of carbonyl (C=O) groups excluding carboxylic acids is 2. The minimum atomic E-state index is -0.987. The van der Waals surface area contributed by atoms with Gasteiger partial charge >= 0.3 is 5.97 Å². The number of methoxy groups -OCH3 is 1. The monoisotopic (exact) mass is 390 g/mol. The van der Waals surface area contributed by atoms with Gasteiger partial charge in [-0.15, -0.1) is 0 Å². The first-order chi connectivity index (χ1) is 13.4. The maximum atomic E-state index is 12.5. The third-order valence-electron chi connectivity index (χ3n) is 5.62. The molecule has 1 aromatic rings. The Hall–Kier alpha value is -2.61. The molecule has 0 saturated carbocycles. The number of aliphatic carboxylic acids is 1. The van der Waals surface area contributed by atoms with Gasteiger partial charge in [-0.3, -0.25) is 14.4 Å². The number of hydrogen-bond acceptors (Lipinski definition) is 5. The van der Waals surface area contributed by atoms with E-state index in [1.807, 2.05) is 24.3 Å². The first-order valence-corrected chi connectivity index (χ1v) is 9.43. The van der Waals surface area contributed by atoms with Gasteiger partial charge < -0.3 is 24.8 Å². The van der Waals surface area contributed by atoms with Gasteiger partial charge in [0.2, 0.25) is 11.8 Å². The number of rotatable bonds is 7. The zero-order chi connectivity index (χ0) is 20.1. The van der Waals surface area contributed by atoms with Crippen LogP contribution in [0.25, 0.3) is 0 Å². The molecule has 2 heterocycles. The lowest BCUT2D eigenvalue weighted by Gasteiger charge is -2.33. The quantitative estimate of drug-likeness (QED) is 0.721. The molecule has 2 saturated heterocycles. The number of likely N-dealkylation sites (tertiary alicyclic amines) is 1. The van der Waals surface area contributed by atoms with Crippen molar-refractivity contribution >= 4 is 17.8 Å². The predicted molar refractivity (Wildman–Crippen MR) is 99.6 cm³/mol. The van der Waals surface area contributed by atoms with Crippen LogP contribution < -0.4 is 10.1 Å². The Kier molecular flexibility index (Phi) is 6.18. The summed E-state index contributed by atoms with van der Waals surface area (Å²) in [6.07, 6.45) is 0.886. The smallest absolute Gasteiger partial charge is 0.311 e. The molecule has 0 aliphatic carbocycles. The number of ether oxygens (including phenoxy) is 2. The molecule has 2 N–H and O–H groups in total. The summed E-state index contributed by atoms with van der Waals surface area (Å²) in [7, 11) is 1.59. The maximum absolute atomic E-state index is 12.5. The molecular formula is C20H26N2O6. The van der Waals surface area contributed by atoms with Gasteiger partial charge in [-0.2, -0.15) is 0 Å². The van der Waals surface area contributed by atoms with E-state index in [1.165, 1.54) is 0 Å². The minimum Gasteiger partial charge on any atom is -0.497 e. The van der Waals surface area contributed by atoms with Gasteiger partial charge in [-0.1, -0.05) is 12.1 Å². The molecule has 2 aliphatic heterocycles. The second-order valence-electron chi connectivity index (χ2n) is 7.44. The Morgan fingerprint density at radius 2 is 1.96 bits per heavy atom. The summed E-state index contributed by atoms with van der Waals surface area (Å²) in [5.74, 6) is -0.974. The van der Waals surface area contributed by atoms with Crippen LogP contribution in [0.4, 0.5) is 0 Å². The second kappa shape index (κ2) is 8.60. The van der Waals surface area contributed by atoms with Crippen LogP contribution in [0.3, 0.4) is 0 Å². The average Bonchev–Trinajstić information content (AvgIpc) is 3.08. The Morgan fingerprint density at radius 3 is 2.57 bits per heavy atom. The molecule has 8 nitrogen and oxygen atoms in total. The Labute approximate surface area is 163 Å². The van der Waals surface area contributed by atoms with Crippen LogP contribution in [0.5, 0.6) is 5.75 Å². The third kappa shape index (κ3) is 4.44. The lowest BCUT2D eigenvalue weighted by atomic mass is 9.80. The van der Waals surface area contributed by atoms with Crippen molar-refractivity contribution in [3.8, 4) is 5.75 Å². The summed E-state index contributed by atoms with van der Waals surface area (Å²) in [5, 5.41) is 12.3. The summed E-state index contributed by atoms with van der Waals surface area (Å²) in [6.45, 7) is 1.58. The SMILES string of the molecule is COc1ccc(CN2CC(C(=O)NCC3(C(=O)O)CCOCC3)CC2=O)cc1. The van der Waals surface area contributed by atoms with Crippen LogP contribution in [-0.4, -0.2) is 61.2 Å². The summed E-state index contributed by atoms with van der Waals surface area (Å²) in [6, 6.07) is 7.45. The van der Waals surface area contributed by atoms with Crippen molar-refractivity contribution in [1.29, 1.82) is 0 Å². The number of carboxylic acid groups (broad SMARTS) is 1.